The minimum Gasteiger partial charge on any atom is -0.476 e. The van der Waals surface area contributed by atoms with Gasteiger partial charge in [0.05, 0.1) is 31.2 Å². The topological polar surface area (TPSA) is 102 Å². The highest BCUT2D eigenvalue weighted by Crippen LogP contribution is 2.36. The Kier molecular flexibility index (Phi) is 5.52. The first-order valence-electron chi connectivity index (χ1n) is 8.85. The van der Waals surface area contributed by atoms with Crippen LogP contribution >= 0.6 is 0 Å². The SMILES string of the molecule is COC(=O)c1cccc(NC(=O)C2CN(S(C)(=O)=O)c3cc(C)ccc3O2)c1C. The van der Waals surface area contributed by atoms with E-state index >= 15 is 0 Å². The minimum atomic E-state index is -3.61. The third-order valence-electron chi connectivity index (χ3n) is 4.67. The van der Waals surface area contributed by atoms with Gasteiger partial charge in [-0.05, 0) is 49.2 Å². The fourth-order valence-corrected chi connectivity index (χ4v) is 4.03. The van der Waals surface area contributed by atoms with Gasteiger partial charge in [0.15, 0.2) is 6.10 Å². The average Bonchev–Trinajstić information content (AvgIpc) is 2.67. The number of methoxy groups -OCH3 is 1. The van der Waals surface area contributed by atoms with E-state index in [4.69, 9.17) is 9.47 Å². The third-order valence-corrected chi connectivity index (χ3v) is 5.82. The minimum absolute atomic E-state index is 0.156. The van der Waals surface area contributed by atoms with Crippen LogP contribution in [-0.4, -0.2) is 46.3 Å². The smallest absolute Gasteiger partial charge is 0.338 e. The molecule has 2 aromatic carbocycles. The van der Waals surface area contributed by atoms with Crippen LogP contribution in [0.15, 0.2) is 36.4 Å². The van der Waals surface area contributed by atoms with Crippen LogP contribution in [0.3, 0.4) is 0 Å². The molecule has 1 aliphatic rings. The molecule has 0 fully saturated rings. The van der Waals surface area contributed by atoms with Crippen LogP contribution in [0, 0.1) is 13.8 Å². The van der Waals surface area contributed by atoms with Crippen molar-refractivity contribution in [2.45, 2.75) is 20.0 Å². The number of sulfonamides is 1. The molecule has 1 heterocycles. The fourth-order valence-electron chi connectivity index (χ4n) is 3.13. The monoisotopic (exact) mass is 418 g/mol. The molecule has 0 radical (unpaired) electrons. The number of ether oxygens (including phenoxy) is 2. The number of aryl methyl sites for hydroxylation is 1. The van der Waals surface area contributed by atoms with Gasteiger partial charge < -0.3 is 14.8 Å². The van der Waals surface area contributed by atoms with Gasteiger partial charge in [-0.25, -0.2) is 13.2 Å². The Morgan fingerprint density at radius 2 is 1.93 bits per heavy atom. The molecule has 0 aromatic heterocycles. The van der Waals surface area contributed by atoms with Crippen LogP contribution in [-0.2, 0) is 19.6 Å². The maximum atomic E-state index is 12.8. The number of carbonyl (C=O) groups excluding carboxylic acids is 2. The maximum absolute atomic E-state index is 12.8. The van der Waals surface area contributed by atoms with Crippen molar-refractivity contribution in [3.63, 3.8) is 0 Å². The number of esters is 1. The number of carbonyl (C=O) groups is 2. The first kappa shape index (κ1) is 20.7. The van der Waals surface area contributed by atoms with Crippen molar-refractivity contribution in [1.82, 2.24) is 0 Å². The predicted molar refractivity (Wildman–Crippen MR) is 109 cm³/mol. The van der Waals surface area contributed by atoms with E-state index in [1.165, 1.54) is 11.4 Å². The van der Waals surface area contributed by atoms with Gasteiger partial charge in [0.25, 0.3) is 5.91 Å². The molecule has 0 saturated carbocycles. The third kappa shape index (κ3) is 4.19. The van der Waals surface area contributed by atoms with E-state index in [9.17, 15) is 18.0 Å². The Labute approximate surface area is 169 Å². The van der Waals surface area contributed by atoms with Crippen LogP contribution in [0.5, 0.6) is 5.75 Å². The van der Waals surface area contributed by atoms with E-state index in [2.05, 4.69) is 5.32 Å². The lowest BCUT2D eigenvalue weighted by atomic mass is 10.1. The number of rotatable bonds is 4. The van der Waals surface area contributed by atoms with Gasteiger partial charge in [0.1, 0.15) is 5.75 Å². The summed E-state index contributed by atoms with van der Waals surface area (Å²) in [7, 11) is -2.33. The van der Waals surface area contributed by atoms with Gasteiger partial charge in [-0.1, -0.05) is 12.1 Å². The highest BCUT2D eigenvalue weighted by molar-refractivity contribution is 7.92. The summed E-state index contributed by atoms with van der Waals surface area (Å²) < 4.78 is 36.2. The zero-order chi connectivity index (χ0) is 21.3. The van der Waals surface area contributed by atoms with Gasteiger partial charge in [0.2, 0.25) is 10.0 Å². The van der Waals surface area contributed by atoms with E-state index < -0.39 is 28.0 Å². The molecule has 154 valence electrons. The molecule has 8 nitrogen and oxygen atoms in total. The summed E-state index contributed by atoms with van der Waals surface area (Å²) in [6, 6.07) is 9.99. The van der Waals surface area contributed by atoms with Crippen LogP contribution < -0.4 is 14.4 Å². The molecule has 29 heavy (non-hydrogen) atoms. The van der Waals surface area contributed by atoms with Crippen LogP contribution in [0.1, 0.15) is 21.5 Å². The summed E-state index contributed by atoms with van der Waals surface area (Å²) in [6.07, 6.45) is 0.0322. The Bertz CT molecular complexity index is 1080. The Balaban J connectivity index is 1.89. The molecule has 1 unspecified atom stereocenters. The number of benzene rings is 2. The lowest BCUT2D eigenvalue weighted by Gasteiger charge is -2.34. The summed E-state index contributed by atoms with van der Waals surface area (Å²) >= 11 is 0. The van der Waals surface area contributed by atoms with Crippen molar-refractivity contribution in [2.24, 2.45) is 0 Å². The second-order valence-corrected chi connectivity index (χ2v) is 8.74. The number of nitrogens with zero attached hydrogens (tertiary/aromatic N) is 1. The average molecular weight is 418 g/mol. The number of anilines is 2. The Morgan fingerprint density at radius 1 is 1.21 bits per heavy atom. The Morgan fingerprint density at radius 3 is 2.59 bits per heavy atom. The van der Waals surface area contributed by atoms with Crippen molar-refractivity contribution in [3.05, 3.63) is 53.1 Å². The number of amides is 1. The quantitative estimate of drug-likeness (QED) is 0.764. The number of nitrogens with one attached hydrogen (secondary N) is 1. The fraction of sp³-hybridized carbons (Fsp3) is 0.300. The molecule has 2 aromatic rings. The summed E-state index contributed by atoms with van der Waals surface area (Å²) in [5, 5.41) is 2.72. The van der Waals surface area contributed by atoms with E-state index in [1.54, 1.807) is 43.3 Å². The molecule has 0 spiro atoms. The van der Waals surface area contributed by atoms with E-state index in [1.807, 2.05) is 6.92 Å². The summed E-state index contributed by atoms with van der Waals surface area (Å²) in [5.41, 5.74) is 2.56. The molecule has 1 aliphatic heterocycles. The summed E-state index contributed by atoms with van der Waals surface area (Å²) in [5.74, 6) is -0.720. The summed E-state index contributed by atoms with van der Waals surface area (Å²) in [4.78, 5) is 24.7. The number of hydrogen-bond donors (Lipinski definition) is 1. The molecule has 0 saturated heterocycles. The van der Waals surface area contributed by atoms with Gasteiger partial charge in [-0.3, -0.25) is 9.10 Å². The van der Waals surface area contributed by atoms with Crippen LogP contribution in [0.25, 0.3) is 0 Å². The number of fused-ring (bicyclic) bond motifs is 1. The molecule has 0 aliphatic carbocycles. The standard InChI is InChI=1S/C20H22N2O6S/c1-12-8-9-17-16(10-12)22(29(4,25)26)11-18(28-17)19(23)21-15-7-5-6-14(13(15)2)20(24)27-3/h5-10,18H,11H2,1-4H3,(H,21,23). The molecular weight excluding hydrogens is 396 g/mol. The normalized spacial score (nSPS) is 15.9. The summed E-state index contributed by atoms with van der Waals surface area (Å²) in [6.45, 7) is 3.37. The van der Waals surface area contributed by atoms with Crippen molar-refractivity contribution in [3.8, 4) is 5.75 Å². The highest BCUT2D eigenvalue weighted by Gasteiger charge is 2.35. The lowest BCUT2D eigenvalue weighted by Crippen LogP contribution is -2.48. The second-order valence-electron chi connectivity index (χ2n) is 6.83. The first-order chi connectivity index (χ1) is 13.6. The van der Waals surface area contributed by atoms with Gasteiger partial charge in [-0.15, -0.1) is 0 Å². The lowest BCUT2D eigenvalue weighted by molar-refractivity contribution is -0.122. The van der Waals surface area contributed by atoms with Gasteiger partial charge >= 0.3 is 5.97 Å². The largest absolute Gasteiger partial charge is 0.476 e. The van der Waals surface area contributed by atoms with Crippen molar-refractivity contribution in [1.29, 1.82) is 0 Å². The molecule has 0 bridgehead atoms. The predicted octanol–water partition coefficient (Wildman–Crippen LogP) is 2.26. The first-order valence-corrected chi connectivity index (χ1v) is 10.7. The zero-order valence-electron chi connectivity index (χ0n) is 16.6. The molecule has 1 atom stereocenters. The highest BCUT2D eigenvalue weighted by atomic mass is 32.2. The molecule has 1 amide bonds. The van der Waals surface area contributed by atoms with Gasteiger partial charge in [0, 0.05) is 5.69 Å². The van der Waals surface area contributed by atoms with E-state index in [0.717, 1.165) is 11.8 Å². The van der Waals surface area contributed by atoms with Crippen molar-refractivity contribution in [2.75, 3.05) is 29.5 Å². The molecule has 9 heteroatoms. The van der Waals surface area contributed by atoms with Crippen LogP contribution in [0.2, 0.25) is 0 Å². The molecular formula is C20H22N2O6S. The zero-order valence-corrected chi connectivity index (χ0v) is 17.4. The van der Waals surface area contributed by atoms with E-state index in [0.29, 0.717) is 28.3 Å². The maximum Gasteiger partial charge on any atom is 0.338 e. The van der Waals surface area contributed by atoms with E-state index in [-0.39, 0.29) is 6.54 Å². The van der Waals surface area contributed by atoms with Crippen molar-refractivity contribution < 1.29 is 27.5 Å². The van der Waals surface area contributed by atoms with Crippen molar-refractivity contribution >= 4 is 33.3 Å². The van der Waals surface area contributed by atoms with Crippen LogP contribution in [0.4, 0.5) is 11.4 Å². The molecule has 3 rings (SSSR count). The Hall–Kier alpha value is -3.07. The number of hydrogen-bond acceptors (Lipinski definition) is 6. The second kappa shape index (κ2) is 7.75. The molecule has 1 N–H and O–H groups in total. The van der Waals surface area contributed by atoms with Gasteiger partial charge in [-0.2, -0.15) is 0 Å².